The number of hydrogen-bond acceptors (Lipinski definition) is 4. The number of halogens is 1. The maximum atomic E-state index is 13.1. The average Bonchev–Trinajstić information content (AvgIpc) is 2.69. The molecule has 1 aliphatic heterocycles. The van der Waals surface area contributed by atoms with Crippen LogP contribution in [-0.2, 0) is 14.8 Å². The number of rotatable bonds is 6. The molecule has 1 aliphatic rings. The summed E-state index contributed by atoms with van der Waals surface area (Å²) in [5, 5.41) is 2.89. The first-order valence-corrected chi connectivity index (χ1v) is 11.8. The summed E-state index contributed by atoms with van der Waals surface area (Å²) in [4.78, 5) is 12.9. The fourth-order valence-electron chi connectivity index (χ4n) is 3.43. The largest absolute Gasteiger partial charge is 0.494 e. The molecule has 0 bridgehead atoms. The molecule has 0 aromatic heterocycles. The van der Waals surface area contributed by atoms with E-state index in [1.807, 2.05) is 38.1 Å². The number of anilines is 1. The van der Waals surface area contributed by atoms with E-state index in [9.17, 15) is 13.2 Å². The van der Waals surface area contributed by atoms with Crippen LogP contribution in [0.1, 0.15) is 25.3 Å². The summed E-state index contributed by atoms with van der Waals surface area (Å²) in [7, 11) is -3.67. The summed E-state index contributed by atoms with van der Waals surface area (Å²) in [6.07, 6.45) is 1.31. The molecule has 8 heteroatoms. The number of piperidine rings is 1. The lowest BCUT2D eigenvalue weighted by atomic mass is 9.99. The summed E-state index contributed by atoms with van der Waals surface area (Å²) >= 11 is 3.38. The molecule has 156 valence electrons. The maximum absolute atomic E-state index is 13.1. The van der Waals surface area contributed by atoms with Crippen LogP contribution in [0, 0.1) is 12.8 Å². The van der Waals surface area contributed by atoms with Crippen molar-refractivity contribution in [3.8, 4) is 5.75 Å². The molecule has 1 heterocycles. The van der Waals surface area contributed by atoms with E-state index in [1.165, 1.54) is 4.31 Å². The Bertz CT molecular complexity index is 994. The van der Waals surface area contributed by atoms with Crippen molar-refractivity contribution in [2.24, 2.45) is 5.92 Å². The van der Waals surface area contributed by atoms with Crippen LogP contribution in [0.15, 0.2) is 51.8 Å². The van der Waals surface area contributed by atoms with Crippen LogP contribution >= 0.6 is 15.9 Å². The first kappa shape index (κ1) is 21.8. The SMILES string of the molecule is CCOc1ccc(S(=O)(=O)N2CCC[C@H](C(=O)Nc3cccc(Br)c3)C2)cc1C. The molecule has 1 N–H and O–H groups in total. The highest BCUT2D eigenvalue weighted by Crippen LogP contribution is 2.28. The number of sulfonamides is 1. The smallest absolute Gasteiger partial charge is 0.243 e. The third-order valence-electron chi connectivity index (χ3n) is 4.93. The van der Waals surface area contributed by atoms with Gasteiger partial charge in [0.25, 0.3) is 0 Å². The van der Waals surface area contributed by atoms with Crippen molar-refractivity contribution < 1.29 is 17.9 Å². The summed E-state index contributed by atoms with van der Waals surface area (Å²) < 4.78 is 34.0. The van der Waals surface area contributed by atoms with Crippen LogP contribution < -0.4 is 10.1 Å². The van der Waals surface area contributed by atoms with Crippen molar-refractivity contribution in [1.82, 2.24) is 4.31 Å². The first-order chi connectivity index (χ1) is 13.8. The molecule has 0 unspecified atom stereocenters. The number of carbonyl (C=O) groups is 1. The van der Waals surface area contributed by atoms with Gasteiger partial charge in [0.05, 0.1) is 17.4 Å². The third-order valence-corrected chi connectivity index (χ3v) is 7.29. The number of carbonyl (C=O) groups excluding carboxylic acids is 1. The highest BCUT2D eigenvalue weighted by Gasteiger charge is 2.33. The minimum Gasteiger partial charge on any atom is -0.494 e. The van der Waals surface area contributed by atoms with Gasteiger partial charge in [-0.1, -0.05) is 22.0 Å². The van der Waals surface area contributed by atoms with Gasteiger partial charge >= 0.3 is 0 Å². The quantitative estimate of drug-likeness (QED) is 0.671. The summed E-state index contributed by atoms with van der Waals surface area (Å²) in [5.74, 6) is 0.128. The van der Waals surface area contributed by atoms with Gasteiger partial charge in [0.1, 0.15) is 5.75 Å². The Kier molecular flexibility index (Phi) is 6.97. The molecule has 0 spiro atoms. The Morgan fingerprint density at radius 1 is 1.28 bits per heavy atom. The van der Waals surface area contributed by atoms with E-state index >= 15 is 0 Å². The van der Waals surface area contributed by atoms with Crippen LogP contribution in [0.3, 0.4) is 0 Å². The minimum atomic E-state index is -3.67. The van der Waals surface area contributed by atoms with Crippen molar-refractivity contribution in [2.75, 3.05) is 25.0 Å². The average molecular weight is 481 g/mol. The second kappa shape index (κ2) is 9.28. The zero-order valence-corrected chi connectivity index (χ0v) is 18.9. The second-order valence-electron chi connectivity index (χ2n) is 7.06. The molecule has 3 rings (SSSR count). The van der Waals surface area contributed by atoms with Gasteiger partial charge in [-0.05, 0) is 68.7 Å². The molecule has 1 amide bonds. The van der Waals surface area contributed by atoms with Crippen molar-refractivity contribution in [1.29, 1.82) is 0 Å². The molecule has 1 atom stereocenters. The van der Waals surface area contributed by atoms with Gasteiger partial charge < -0.3 is 10.1 Å². The molecule has 6 nitrogen and oxygen atoms in total. The topological polar surface area (TPSA) is 75.7 Å². The molecular weight excluding hydrogens is 456 g/mol. The molecule has 1 saturated heterocycles. The van der Waals surface area contributed by atoms with E-state index in [-0.39, 0.29) is 23.3 Å². The number of nitrogens with zero attached hydrogens (tertiary/aromatic N) is 1. The Hall–Kier alpha value is -1.90. The third kappa shape index (κ3) is 5.18. The molecular formula is C21H25BrN2O4S. The van der Waals surface area contributed by atoms with E-state index in [1.54, 1.807) is 18.2 Å². The van der Waals surface area contributed by atoms with E-state index in [0.29, 0.717) is 37.4 Å². The Labute approximate surface area is 180 Å². The van der Waals surface area contributed by atoms with Gasteiger partial charge in [-0.25, -0.2) is 8.42 Å². The Morgan fingerprint density at radius 2 is 2.07 bits per heavy atom. The fourth-order valence-corrected chi connectivity index (χ4v) is 5.44. The molecule has 0 aliphatic carbocycles. The van der Waals surface area contributed by atoms with Gasteiger partial charge in [-0.2, -0.15) is 4.31 Å². The lowest BCUT2D eigenvalue weighted by molar-refractivity contribution is -0.120. The maximum Gasteiger partial charge on any atom is 0.243 e. The molecule has 0 radical (unpaired) electrons. The minimum absolute atomic E-state index is 0.161. The van der Waals surface area contributed by atoms with Gasteiger partial charge in [-0.15, -0.1) is 0 Å². The fraction of sp³-hybridized carbons (Fsp3) is 0.381. The Balaban J connectivity index is 1.73. The van der Waals surface area contributed by atoms with Gasteiger partial charge in [0.2, 0.25) is 15.9 Å². The normalized spacial score (nSPS) is 17.7. The van der Waals surface area contributed by atoms with Crippen molar-refractivity contribution in [3.63, 3.8) is 0 Å². The van der Waals surface area contributed by atoms with Crippen LogP contribution in [0.4, 0.5) is 5.69 Å². The van der Waals surface area contributed by atoms with Crippen molar-refractivity contribution >= 4 is 37.5 Å². The van der Waals surface area contributed by atoms with Gasteiger partial charge in [0.15, 0.2) is 0 Å². The highest BCUT2D eigenvalue weighted by atomic mass is 79.9. The van der Waals surface area contributed by atoms with E-state index < -0.39 is 10.0 Å². The van der Waals surface area contributed by atoms with Crippen LogP contribution in [0.25, 0.3) is 0 Å². The number of benzene rings is 2. The van der Waals surface area contributed by atoms with Crippen LogP contribution in [0.2, 0.25) is 0 Å². The molecule has 2 aromatic carbocycles. The first-order valence-electron chi connectivity index (χ1n) is 9.61. The van der Waals surface area contributed by atoms with E-state index in [4.69, 9.17) is 4.74 Å². The number of hydrogen-bond donors (Lipinski definition) is 1. The monoisotopic (exact) mass is 480 g/mol. The molecule has 0 saturated carbocycles. The number of aryl methyl sites for hydroxylation is 1. The molecule has 1 fully saturated rings. The second-order valence-corrected chi connectivity index (χ2v) is 9.92. The lowest BCUT2D eigenvalue weighted by Gasteiger charge is -2.31. The van der Waals surface area contributed by atoms with Crippen LogP contribution in [0.5, 0.6) is 5.75 Å². The number of nitrogens with one attached hydrogen (secondary N) is 1. The standard InChI is InChI=1S/C21H25BrN2O4S/c1-3-28-20-10-9-19(12-15(20)2)29(26,27)24-11-5-6-16(14-24)21(25)23-18-8-4-7-17(22)13-18/h4,7-10,12-13,16H,3,5-6,11,14H2,1-2H3,(H,23,25)/t16-/m0/s1. The highest BCUT2D eigenvalue weighted by molar-refractivity contribution is 9.10. The summed E-state index contributed by atoms with van der Waals surface area (Å²) in [5.41, 5.74) is 1.46. The zero-order chi connectivity index (χ0) is 21.0. The zero-order valence-electron chi connectivity index (χ0n) is 16.5. The predicted molar refractivity (Wildman–Crippen MR) is 117 cm³/mol. The van der Waals surface area contributed by atoms with Gasteiger partial charge in [-0.3, -0.25) is 4.79 Å². The van der Waals surface area contributed by atoms with Gasteiger partial charge in [0, 0.05) is 23.2 Å². The van der Waals surface area contributed by atoms with Crippen molar-refractivity contribution in [3.05, 3.63) is 52.5 Å². The van der Waals surface area contributed by atoms with Crippen molar-refractivity contribution in [2.45, 2.75) is 31.6 Å². The Morgan fingerprint density at radius 3 is 2.76 bits per heavy atom. The predicted octanol–water partition coefficient (Wildman–Crippen LogP) is 4.20. The summed E-state index contributed by atoms with van der Waals surface area (Å²) in [6, 6.07) is 12.2. The lowest BCUT2D eigenvalue weighted by Crippen LogP contribution is -2.43. The van der Waals surface area contributed by atoms with E-state index in [0.717, 1.165) is 10.0 Å². The van der Waals surface area contributed by atoms with Crippen LogP contribution in [-0.4, -0.2) is 38.3 Å². The molecule has 2 aromatic rings. The van der Waals surface area contributed by atoms with E-state index in [2.05, 4.69) is 21.2 Å². The molecule has 29 heavy (non-hydrogen) atoms. The number of amides is 1. The summed E-state index contributed by atoms with van der Waals surface area (Å²) in [6.45, 7) is 4.82. The number of ether oxygens (including phenoxy) is 1.